The Morgan fingerprint density at radius 1 is 1.14 bits per heavy atom. The average Bonchev–Trinajstić information content (AvgIpc) is 3.53. The molecule has 2 aliphatic carbocycles. The van der Waals surface area contributed by atoms with Crippen molar-refractivity contribution in [3.63, 3.8) is 0 Å². The van der Waals surface area contributed by atoms with Crippen molar-refractivity contribution >= 4 is 10.9 Å². The number of hydrogen-bond donors (Lipinski definition) is 2. The number of benzene rings is 1. The van der Waals surface area contributed by atoms with Crippen molar-refractivity contribution in [2.45, 2.75) is 43.4 Å². The number of pyridine rings is 1. The summed E-state index contributed by atoms with van der Waals surface area (Å²) in [5.41, 5.74) is 3.68. The molecule has 1 aromatic heterocycles. The van der Waals surface area contributed by atoms with E-state index in [2.05, 4.69) is 0 Å². The fourth-order valence-electron chi connectivity index (χ4n) is 3.81. The highest BCUT2D eigenvalue weighted by Gasteiger charge is 2.27. The first-order valence-corrected chi connectivity index (χ1v) is 11.2. The minimum Gasteiger partial charge on any atom is -0.493 e. The van der Waals surface area contributed by atoms with Gasteiger partial charge in [0.2, 0.25) is 0 Å². The monoisotopic (exact) mass is 405 g/mol. The first kappa shape index (κ1) is 19.5. The maximum Gasteiger partial charge on any atom is 0.253 e. The van der Waals surface area contributed by atoms with Crippen molar-refractivity contribution in [2.75, 3.05) is 13.7 Å². The zero-order valence-electron chi connectivity index (χ0n) is 16.3. The van der Waals surface area contributed by atoms with Gasteiger partial charge in [0, 0.05) is 29.9 Å². The van der Waals surface area contributed by atoms with E-state index in [1.54, 1.807) is 29.8 Å². The van der Waals surface area contributed by atoms with Crippen LogP contribution in [0.2, 0.25) is 0 Å². The first-order valence-electron chi connectivity index (χ1n) is 9.73. The Balaban J connectivity index is 1.87. The number of nitrogens with zero attached hydrogens (tertiary/aromatic N) is 1. The van der Waals surface area contributed by atoms with Crippen molar-refractivity contribution in [2.24, 2.45) is 13.0 Å². The minimum atomic E-state index is -3.33. The van der Waals surface area contributed by atoms with Crippen molar-refractivity contribution in [1.82, 2.24) is 4.57 Å². The lowest BCUT2D eigenvalue weighted by Gasteiger charge is -2.27. The van der Waals surface area contributed by atoms with Crippen molar-refractivity contribution in [3.8, 4) is 16.9 Å². The van der Waals surface area contributed by atoms with E-state index in [1.807, 2.05) is 6.20 Å². The van der Waals surface area contributed by atoms with E-state index in [0.717, 1.165) is 47.9 Å². The third-order valence-corrected chi connectivity index (χ3v) is 6.98. The molecule has 1 aromatic carbocycles. The van der Waals surface area contributed by atoms with Crippen molar-refractivity contribution in [1.29, 1.82) is 0 Å². The Labute approximate surface area is 166 Å². The molecule has 0 amide bonds. The summed E-state index contributed by atoms with van der Waals surface area (Å²) in [5.74, 6) is 1.30. The SMILES string of the molecule is COS(O)(O)c1ccc(OCC2CC2)c(-c2cn(C)c(=O)c3c2CCCC3)c1. The molecule has 0 atom stereocenters. The number of fused-ring (bicyclic) bond motifs is 1. The van der Waals surface area contributed by atoms with Crippen LogP contribution in [0.5, 0.6) is 5.75 Å². The lowest BCUT2D eigenvalue weighted by atomic mass is 9.87. The Hall–Kier alpha value is -1.80. The molecular weight excluding hydrogens is 378 g/mol. The van der Waals surface area contributed by atoms with Gasteiger partial charge in [-0.3, -0.25) is 8.98 Å². The van der Waals surface area contributed by atoms with Gasteiger partial charge >= 0.3 is 0 Å². The lowest BCUT2D eigenvalue weighted by molar-refractivity contribution is 0.300. The van der Waals surface area contributed by atoms with Gasteiger partial charge in [-0.15, -0.1) is 0 Å². The van der Waals surface area contributed by atoms with Crippen LogP contribution in [0.3, 0.4) is 0 Å². The average molecular weight is 406 g/mol. The molecular formula is C21H27NO5S. The zero-order chi connectivity index (χ0) is 19.9. The number of rotatable bonds is 6. The van der Waals surface area contributed by atoms with Crippen molar-refractivity contribution in [3.05, 3.63) is 45.9 Å². The van der Waals surface area contributed by atoms with E-state index >= 15 is 0 Å². The maximum absolute atomic E-state index is 12.6. The van der Waals surface area contributed by atoms with E-state index in [-0.39, 0.29) is 5.56 Å². The molecule has 1 saturated carbocycles. The van der Waals surface area contributed by atoms with Crippen molar-refractivity contribution < 1.29 is 18.0 Å². The zero-order valence-corrected chi connectivity index (χ0v) is 17.1. The highest BCUT2D eigenvalue weighted by molar-refractivity contribution is 8.20. The Kier molecular flexibility index (Phi) is 5.26. The smallest absolute Gasteiger partial charge is 0.253 e. The van der Waals surface area contributed by atoms with E-state index in [1.165, 1.54) is 20.0 Å². The molecule has 28 heavy (non-hydrogen) atoms. The van der Waals surface area contributed by atoms with E-state index in [9.17, 15) is 13.9 Å². The molecule has 152 valence electrons. The molecule has 1 heterocycles. The van der Waals surface area contributed by atoms with Gasteiger partial charge in [0.25, 0.3) is 5.56 Å². The first-order chi connectivity index (χ1) is 13.4. The molecule has 0 spiro atoms. The molecule has 0 unspecified atom stereocenters. The van der Waals surface area contributed by atoms with E-state index in [4.69, 9.17) is 8.92 Å². The summed E-state index contributed by atoms with van der Waals surface area (Å²) in [5, 5.41) is 0. The van der Waals surface area contributed by atoms with Crippen LogP contribution in [0, 0.1) is 5.92 Å². The Bertz CT molecular complexity index is 949. The van der Waals surface area contributed by atoms with Gasteiger partial charge in [-0.25, -0.2) is 0 Å². The minimum absolute atomic E-state index is 0.0521. The summed E-state index contributed by atoms with van der Waals surface area (Å²) < 4.78 is 33.1. The largest absolute Gasteiger partial charge is 0.493 e. The Morgan fingerprint density at radius 3 is 2.54 bits per heavy atom. The quantitative estimate of drug-likeness (QED) is 0.745. The third kappa shape index (κ3) is 3.72. The summed E-state index contributed by atoms with van der Waals surface area (Å²) in [6, 6.07) is 5.15. The molecule has 0 bridgehead atoms. The number of aryl methyl sites for hydroxylation is 1. The highest BCUT2D eigenvalue weighted by atomic mass is 32.3. The van der Waals surface area contributed by atoms with Crippen LogP contribution in [0.4, 0.5) is 0 Å². The number of ether oxygens (including phenoxy) is 1. The molecule has 2 aliphatic rings. The topological polar surface area (TPSA) is 80.9 Å². The van der Waals surface area contributed by atoms with Gasteiger partial charge < -0.3 is 18.4 Å². The highest BCUT2D eigenvalue weighted by Crippen LogP contribution is 2.51. The fraction of sp³-hybridized carbons (Fsp3) is 0.476. The fourth-order valence-corrected chi connectivity index (χ4v) is 4.52. The molecule has 7 heteroatoms. The van der Waals surface area contributed by atoms with Crippen LogP contribution in [0.25, 0.3) is 11.1 Å². The molecule has 0 aliphatic heterocycles. The van der Waals surface area contributed by atoms with Crippen LogP contribution in [0.15, 0.2) is 34.1 Å². The predicted octanol–water partition coefficient (Wildman–Crippen LogP) is 4.39. The summed E-state index contributed by atoms with van der Waals surface area (Å²) in [7, 11) is -0.288. The number of hydrogen-bond acceptors (Lipinski definition) is 5. The van der Waals surface area contributed by atoms with Gasteiger partial charge in [-0.2, -0.15) is 0 Å². The Morgan fingerprint density at radius 2 is 1.86 bits per heavy atom. The van der Waals surface area contributed by atoms with Crippen LogP contribution in [-0.4, -0.2) is 27.4 Å². The van der Waals surface area contributed by atoms with E-state index in [0.29, 0.717) is 23.2 Å². The van der Waals surface area contributed by atoms with Gasteiger partial charge in [0.1, 0.15) is 16.6 Å². The summed E-state index contributed by atoms with van der Waals surface area (Å²) in [6.07, 6.45) is 7.89. The van der Waals surface area contributed by atoms with E-state index < -0.39 is 10.9 Å². The maximum atomic E-state index is 12.6. The summed E-state index contributed by atoms with van der Waals surface area (Å²) in [4.78, 5) is 12.9. The van der Waals surface area contributed by atoms with Crippen LogP contribution >= 0.6 is 10.9 Å². The van der Waals surface area contributed by atoms with Gasteiger partial charge in [0.15, 0.2) is 0 Å². The molecule has 2 N–H and O–H groups in total. The van der Waals surface area contributed by atoms with Crippen LogP contribution in [0.1, 0.15) is 36.8 Å². The van der Waals surface area contributed by atoms with Crippen LogP contribution < -0.4 is 10.3 Å². The molecule has 0 saturated heterocycles. The lowest BCUT2D eigenvalue weighted by Crippen LogP contribution is -2.25. The molecule has 4 rings (SSSR count). The molecule has 1 fully saturated rings. The van der Waals surface area contributed by atoms with Gasteiger partial charge in [0.05, 0.1) is 18.6 Å². The molecule has 0 radical (unpaired) electrons. The predicted molar refractivity (Wildman–Crippen MR) is 110 cm³/mol. The second kappa shape index (κ2) is 7.55. The summed E-state index contributed by atoms with van der Waals surface area (Å²) in [6.45, 7) is 0.654. The normalized spacial score (nSPS) is 17.3. The third-order valence-electron chi connectivity index (χ3n) is 5.65. The molecule has 2 aromatic rings. The van der Waals surface area contributed by atoms with Gasteiger partial charge in [-0.05, 0) is 68.2 Å². The molecule has 6 nitrogen and oxygen atoms in total. The standard InChI is InChI=1S/C21H27NO5S/c1-22-12-19(16-5-3-4-6-17(16)21(22)23)18-11-15(28(24,25)26-2)9-10-20(18)27-13-14-7-8-14/h9-12,14,24-25H,3-8,13H2,1-2H3. The van der Waals surface area contributed by atoms with Crippen LogP contribution in [-0.2, 0) is 24.1 Å². The second-order valence-electron chi connectivity index (χ2n) is 7.70. The summed E-state index contributed by atoms with van der Waals surface area (Å²) >= 11 is 0. The van der Waals surface area contributed by atoms with Gasteiger partial charge in [-0.1, -0.05) is 0 Å². The second-order valence-corrected chi connectivity index (χ2v) is 9.50. The number of aromatic nitrogens is 1.